The fourth-order valence-electron chi connectivity index (χ4n) is 2.53. The van der Waals surface area contributed by atoms with Gasteiger partial charge in [0.1, 0.15) is 5.82 Å². The van der Waals surface area contributed by atoms with Crippen LogP contribution in [-0.4, -0.2) is 30.4 Å². The minimum absolute atomic E-state index is 0.0991. The smallest absolute Gasteiger partial charge is 0.221 e. The minimum Gasteiger partial charge on any atom is -0.357 e. The van der Waals surface area contributed by atoms with Gasteiger partial charge in [-0.1, -0.05) is 24.3 Å². The molecule has 2 N–H and O–H groups in total. The van der Waals surface area contributed by atoms with Gasteiger partial charge in [0, 0.05) is 32.7 Å². The summed E-state index contributed by atoms with van der Waals surface area (Å²) in [5.41, 5.74) is 2.77. The van der Waals surface area contributed by atoms with Gasteiger partial charge in [0.05, 0.1) is 6.54 Å². The number of rotatable bonds is 6. The molecule has 2 rings (SSSR count). The monoisotopic (exact) mass is 356 g/mol. The zero-order chi connectivity index (χ0) is 18.9. The highest BCUT2D eigenvalue weighted by Gasteiger charge is 2.07. The van der Waals surface area contributed by atoms with Crippen molar-refractivity contribution in [3.63, 3.8) is 0 Å². The number of hydrogen-bond acceptors (Lipinski definition) is 2. The Morgan fingerprint density at radius 3 is 2.54 bits per heavy atom. The highest BCUT2D eigenvalue weighted by molar-refractivity contribution is 5.88. The Kier molecular flexibility index (Phi) is 7.14. The Morgan fingerprint density at radius 1 is 1.15 bits per heavy atom. The van der Waals surface area contributed by atoms with Gasteiger partial charge < -0.3 is 15.5 Å². The van der Waals surface area contributed by atoms with Crippen LogP contribution in [0.5, 0.6) is 0 Å². The van der Waals surface area contributed by atoms with Crippen molar-refractivity contribution in [1.82, 2.24) is 10.2 Å². The normalized spacial score (nSPS) is 11.2. The first-order chi connectivity index (χ1) is 12.5. The summed E-state index contributed by atoms with van der Waals surface area (Å²) in [4.78, 5) is 17.8. The fourth-order valence-corrected chi connectivity index (χ4v) is 2.53. The number of halogens is 1. The van der Waals surface area contributed by atoms with Crippen molar-refractivity contribution >= 4 is 17.6 Å². The van der Waals surface area contributed by atoms with Crippen LogP contribution in [0.1, 0.15) is 25.0 Å². The van der Waals surface area contributed by atoms with Crippen LogP contribution in [0.4, 0.5) is 10.1 Å². The molecule has 0 heterocycles. The zero-order valence-corrected chi connectivity index (χ0v) is 15.4. The van der Waals surface area contributed by atoms with Gasteiger partial charge in [0.25, 0.3) is 0 Å². The fraction of sp³-hybridized carbons (Fsp3) is 0.300. The van der Waals surface area contributed by atoms with Gasteiger partial charge in [-0.15, -0.1) is 0 Å². The van der Waals surface area contributed by atoms with Gasteiger partial charge in [0.2, 0.25) is 5.91 Å². The summed E-state index contributed by atoms with van der Waals surface area (Å²) in [6.45, 7) is 5.36. The number of benzene rings is 2. The minimum atomic E-state index is -0.240. The molecule has 0 spiro atoms. The Balaban J connectivity index is 2.07. The molecule has 0 saturated heterocycles. The molecule has 0 fully saturated rings. The van der Waals surface area contributed by atoms with E-state index >= 15 is 0 Å². The molecule has 0 aromatic heterocycles. The van der Waals surface area contributed by atoms with Crippen LogP contribution in [-0.2, 0) is 17.9 Å². The lowest BCUT2D eigenvalue weighted by Crippen LogP contribution is -2.38. The standard InChI is InChI=1S/C20H25FN4O/c1-4-22-20(25(3)14-16-8-10-18(21)11-9-16)23-13-17-6-5-7-19(12-17)24-15(2)26/h5-12H,4,13-14H2,1-3H3,(H,22,23)(H,24,26). The SMILES string of the molecule is CCNC(=NCc1cccc(NC(C)=O)c1)N(C)Cc1ccc(F)cc1. The maximum absolute atomic E-state index is 13.0. The number of carbonyl (C=O) groups excluding carboxylic acids is 1. The van der Waals surface area contributed by atoms with Crippen molar-refractivity contribution in [3.05, 3.63) is 65.5 Å². The molecule has 0 bridgehead atoms. The molecule has 2 aromatic rings. The Labute approximate surface area is 153 Å². The Bertz CT molecular complexity index is 759. The Morgan fingerprint density at radius 2 is 1.88 bits per heavy atom. The van der Waals surface area contributed by atoms with E-state index in [1.165, 1.54) is 19.1 Å². The molecule has 26 heavy (non-hydrogen) atoms. The van der Waals surface area contributed by atoms with Gasteiger partial charge in [-0.3, -0.25) is 4.79 Å². The Hall–Kier alpha value is -2.89. The number of carbonyl (C=O) groups is 1. The molecule has 0 saturated carbocycles. The third-order valence-electron chi connectivity index (χ3n) is 3.69. The van der Waals surface area contributed by atoms with Crippen LogP contribution in [0.2, 0.25) is 0 Å². The average Bonchev–Trinajstić information content (AvgIpc) is 2.60. The molecule has 0 atom stereocenters. The molecular formula is C20H25FN4O. The van der Waals surface area contributed by atoms with Crippen LogP contribution in [0.3, 0.4) is 0 Å². The number of anilines is 1. The van der Waals surface area contributed by atoms with E-state index in [1.54, 1.807) is 12.1 Å². The summed E-state index contributed by atoms with van der Waals surface area (Å²) in [5.74, 6) is 0.427. The third-order valence-corrected chi connectivity index (χ3v) is 3.69. The molecule has 0 aliphatic rings. The van der Waals surface area contributed by atoms with Gasteiger partial charge in [-0.25, -0.2) is 9.38 Å². The first-order valence-electron chi connectivity index (χ1n) is 8.58. The second-order valence-electron chi connectivity index (χ2n) is 6.03. The van der Waals surface area contributed by atoms with Gasteiger partial charge >= 0.3 is 0 Å². The van der Waals surface area contributed by atoms with Gasteiger partial charge in [-0.2, -0.15) is 0 Å². The molecule has 0 unspecified atom stereocenters. The first kappa shape index (κ1) is 19.4. The van der Waals surface area contributed by atoms with E-state index in [0.29, 0.717) is 13.1 Å². The molecule has 5 nitrogen and oxygen atoms in total. The van der Waals surface area contributed by atoms with Crippen LogP contribution in [0.25, 0.3) is 0 Å². The van der Waals surface area contributed by atoms with Gasteiger partial charge in [0.15, 0.2) is 5.96 Å². The molecule has 0 aliphatic carbocycles. The lowest BCUT2D eigenvalue weighted by molar-refractivity contribution is -0.114. The predicted octanol–water partition coefficient (Wildman–Crippen LogP) is 3.38. The molecule has 0 aliphatic heterocycles. The van der Waals surface area contributed by atoms with Crippen LogP contribution in [0, 0.1) is 5.82 Å². The third kappa shape index (κ3) is 6.20. The number of nitrogens with one attached hydrogen (secondary N) is 2. The molecule has 1 amide bonds. The second-order valence-corrected chi connectivity index (χ2v) is 6.03. The molecule has 6 heteroatoms. The van der Waals surface area contributed by atoms with Crippen molar-refractivity contribution in [2.45, 2.75) is 26.9 Å². The predicted molar refractivity (Wildman–Crippen MR) is 103 cm³/mol. The summed E-state index contributed by atoms with van der Waals surface area (Å²) in [6.07, 6.45) is 0. The average molecular weight is 356 g/mol. The molecule has 0 radical (unpaired) electrons. The molecule has 2 aromatic carbocycles. The highest BCUT2D eigenvalue weighted by Crippen LogP contribution is 2.12. The van der Waals surface area contributed by atoms with Crippen molar-refractivity contribution < 1.29 is 9.18 Å². The van der Waals surface area contributed by atoms with E-state index in [-0.39, 0.29) is 11.7 Å². The van der Waals surface area contributed by atoms with E-state index in [9.17, 15) is 9.18 Å². The van der Waals surface area contributed by atoms with E-state index < -0.39 is 0 Å². The van der Waals surface area contributed by atoms with Crippen molar-refractivity contribution in [3.8, 4) is 0 Å². The van der Waals surface area contributed by atoms with E-state index in [4.69, 9.17) is 0 Å². The van der Waals surface area contributed by atoms with Gasteiger partial charge in [-0.05, 0) is 42.3 Å². The van der Waals surface area contributed by atoms with E-state index in [0.717, 1.165) is 29.3 Å². The molecular weight excluding hydrogens is 331 g/mol. The molecule has 138 valence electrons. The highest BCUT2D eigenvalue weighted by atomic mass is 19.1. The number of aliphatic imine (C=N–C) groups is 1. The van der Waals surface area contributed by atoms with Crippen LogP contribution >= 0.6 is 0 Å². The summed E-state index contributed by atoms with van der Waals surface area (Å²) in [6, 6.07) is 14.1. The van der Waals surface area contributed by atoms with Crippen LogP contribution < -0.4 is 10.6 Å². The maximum atomic E-state index is 13.0. The van der Waals surface area contributed by atoms with Crippen molar-refractivity contribution in [1.29, 1.82) is 0 Å². The topological polar surface area (TPSA) is 56.7 Å². The van der Waals surface area contributed by atoms with E-state index in [2.05, 4.69) is 15.6 Å². The number of hydrogen-bond donors (Lipinski definition) is 2. The first-order valence-corrected chi connectivity index (χ1v) is 8.58. The van der Waals surface area contributed by atoms with Crippen molar-refractivity contribution in [2.24, 2.45) is 4.99 Å². The summed E-state index contributed by atoms with van der Waals surface area (Å²) < 4.78 is 13.0. The number of amides is 1. The van der Waals surface area contributed by atoms with Crippen LogP contribution in [0.15, 0.2) is 53.5 Å². The number of guanidine groups is 1. The lowest BCUT2D eigenvalue weighted by Gasteiger charge is -2.22. The van der Waals surface area contributed by atoms with Crippen molar-refractivity contribution in [2.75, 3.05) is 18.9 Å². The zero-order valence-electron chi connectivity index (χ0n) is 15.4. The largest absolute Gasteiger partial charge is 0.357 e. The maximum Gasteiger partial charge on any atom is 0.221 e. The van der Waals surface area contributed by atoms with E-state index in [1.807, 2.05) is 43.1 Å². The second kappa shape index (κ2) is 9.56. The quantitative estimate of drug-likeness (QED) is 0.616. The summed E-state index contributed by atoms with van der Waals surface area (Å²) in [7, 11) is 1.94. The summed E-state index contributed by atoms with van der Waals surface area (Å²) in [5, 5.41) is 6.04. The number of nitrogens with zero attached hydrogens (tertiary/aromatic N) is 2. The lowest BCUT2D eigenvalue weighted by atomic mass is 10.2. The summed E-state index contributed by atoms with van der Waals surface area (Å²) >= 11 is 0.